The molecule has 7 nitrogen and oxygen atoms in total. The summed E-state index contributed by atoms with van der Waals surface area (Å²) in [6.07, 6.45) is 3.75. The molecule has 172 valence electrons. The number of halogens is 2. The van der Waals surface area contributed by atoms with Gasteiger partial charge in [0.1, 0.15) is 6.04 Å². The van der Waals surface area contributed by atoms with Crippen LogP contribution in [0.3, 0.4) is 0 Å². The molecule has 1 saturated heterocycles. The fourth-order valence-electron chi connectivity index (χ4n) is 4.47. The SMILES string of the molecule is CCCC(F)OC(=O)N1CCC(CN2Cc3cncn3C(c3cccc(Br)c3)C2=O)CC1. The van der Waals surface area contributed by atoms with Gasteiger partial charge in [0.05, 0.1) is 18.6 Å². The van der Waals surface area contributed by atoms with Gasteiger partial charge in [-0.2, -0.15) is 0 Å². The van der Waals surface area contributed by atoms with Crippen LogP contribution in [0.25, 0.3) is 0 Å². The minimum Gasteiger partial charge on any atom is -0.415 e. The summed E-state index contributed by atoms with van der Waals surface area (Å²) in [5.41, 5.74) is 1.92. The highest BCUT2D eigenvalue weighted by Gasteiger charge is 2.36. The number of benzene rings is 1. The molecule has 0 bridgehead atoms. The molecule has 32 heavy (non-hydrogen) atoms. The van der Waals surface area contributed by atoms with Crippen molar-refractivity contribution in [3.8, 4) is 0 Å². The van der Waals surface area contributed by atoms with E-state index in [9.17, 15) is 14.0 Å². The van der Waals surface area contributed by atoms with E-state index in [2.05, 4.69) is 20.9 Å². The van der Waals surface area contributed by atoms with Gasteiger partial charge in [-0.3, -0.25) is 4.79 Å². The van der Waals surface area contributed by atoms with Crippen molar-refractivity contribution in [3.05, 3.63) is 52.5 Å². The Morgan fingerprint density at radius 3 is 2.84 bits per heavy atom. The number of hydrogen-bond acceptors (Lipinski definition) is 4. The molecule has 0 saturated carbocycles. The van der Waals surface area contributed by atoms with Gasteiger partial charge in [-0.25, -0.2) is 14.2 Å². The van der Waals surface area contributed by atoms with Crippen LogP contribution >= 0.6 is 15.9 Å². The zero-order valence-corrected chi connectivity index (χ0v) is 19.7. The highest BCUT2D eigenvalue weighted by molar-refractivity contribution is 9.10. The summed E-state index contributed by atoms with van der Waals surface area (Å²) in [5.74, 6) is 0.327. The smallest absolute Gasteiger partial charge is 0.412 e. The van der Waals surface area contributed by atoms with E-state index >= 15 is 0 Å². The number of hydrogen-bond donors (Lipinski definition) is 0. The maximum atomic E-state index is 13.6. The van der Waals surface area contributed by atoms with Crippen LogP contribution in [-0.2, 0) is 16.1 Å². The number of carbonyl (C=O) groups is 2. The first-order valence-corrected chi connectivity index (χ1v) is 11.9. The molecule has 1 aromatic heterocycles. The van der Waals surface area contributed by atoms with E-state index in [1.165, 1.54) is 0 Å². The normalized spacial score (nSPS) is 20.2. The van der Waals surface area contributed by atoms with Crippen LogP contribution in [0.4, 0.5) is 9.18 Å². The number of ether oxygens (including phenoxy) is 1. The Balaban J connectivity index is 1.39. The first-order chi connectivity index (χ1) is 15.5. The standard InChI is InChI=1S/C23H28BrFN4O3/c1-2-4-20(25)32-23(31)27-9-7-16(8-10-27)13-28-14-19-12-26-15-29(19)21(22(28)30)17-5-3-6-18(24)11-17/h3,5-6,11-12,15-16,20-21H,2,4,7-10,13-14H2,1H3. The van der Waals surface area contributed by atoms with E-state index in [0.29, 0.717) is 32.6 Å². The lowest BCUT2D eigenvalue weighted by molar-refractivity contribution is -0.137. The van der Waals surface area contributed by atoms with Gasteiger partial charge in [0.25, 0.3) is 5.91 Å². The molecule has 1 aromatic carbocycles. The summed E-state index contributed by atoms with van der Waals surface area (Å²) in [4.78, 5) is 33.4. The molecule has 2 amide bonds. The Bertz CT molecular complexity index is 960. The third kappa shape index (κ3) is 4.98. The van der Waals surface area contributed by atoms with Crippen molar-refractivity contribution in [2.75, 3.05) is 19.6 Å². The van der Waals surface area contributed by atoms with Gasteiger partial charge in [-0.1, -0.05) is 35.0 Å². The van der Waals surface area contributed by atoms with E-state index in [-0.39, 0.29) is 18.2 Å². The van der Waals surface area contributed by atoms with Gasteiger partial charge in [-0.05, 0) is 42.9 Å². The minimum atomic E-state index is -1.55. The van der Waals surface area contributed by atoms with Crippen LogP contribution in [0, 0.1) is 5.92 Å². The van der Waals surface area contributed by atoms with Crippen LogP contribution in [-0.4, -0.2) is 57.3 Å². The Hall–Kier alpha value is -2.42. The molecular weight excluding hydrogens is 479 g/mol. The Morgan fingerprint density at radius 1 is 1.34 bits per heavy atom. The largest absolute Gasteiger partial charge is 0.415 e. The molecule has 0 aliphatic carbocycles. The van der Waals surface area contributed by atoms with Crippen LogP contribution in [0.15, 0.2) is 41.3 Å². The van der Waals surface area contributed by atoms with E-state index < -0.39 is 18.5 Å². The zero-order valence-electron chi connectivity index (χ0n) is 18.1. The number of imidazole rings is 1. The van der Waals surface area contributed by atoms with E-state index in [4.69, 9.17) is 4.74 Å². The van der Waals surface area contributed by atoms with E-state index in [0.717, 1.165) is 28.6 Å². The summed E-state index contributed by atoms with van der Waals surface area (Å²) in [5, 5.41) is 0. The van der Waals surface area contributed by atoms with Crippen molar-refractivity contribution in [1.82, 2.24) is 19.4 Å². The zero-order chi connectivity index (χ0) is 22.7. The highest BCUT2D eigenvalue weighted by Crippen LogP contribution is 2.31. The number of amides is 2. The minimum absolute atomic E-state index is 0.0512. The Labute approximate surface area is 195 Å². The first-order valence-electron chi connectivity index (χ1n) is 11.1. The van der Waals surface area contributed by atoms with Crippen LogP contribution in [0.1, 0.15) is 49.9 Å². The third-order valence-corrected chi connectivity index (χ3v) is 6.68. The second-order valence-corrected chi connectivity index (χ2v) is 9.40. The second-order valence-electron chi connectivity index (χ2n) is 8.48. The van der Waals surface area contributed by atoms with Crippen molar-refractivity contribution in [2.45, 2.75) is 51.6 Å². The Morgan fingerprint density at radius 2 is 2.12 bits per heavy atom. The molecule has 0 spiro atoms. The lowest BCUT2D eigenvalue weighted by Gasteiger charge is -2.38. The number of rotatable bonds is 6. The quantitative estimate of drug-likeness (QED) is 0.577. The first kappa shape index (κ1) is 22.8. The summed E-state index contributed by atoms with van der Waals surface area (Å²) in [6.45, 7) is 4.02. The molecule has 3 heterocycles. The molecule has 0 radical (unpaired) electrons. The predicted octanol–water partition coefficient (Wildman–Crippen LogP) is 4.52. The van der Waals surface area contributed by atoms with Gasteiger partial charge in [-0.15, -0.1) is 0 Å². The number of carbonyl (C=O) groups excluding carboxylic acids is 2. The molecule has 2 unspecified atom stereocenters. The van der Waals surface area contributed by atoms with Crippen LogP contribution < -0.4 is 0 Å². The molecular formula is C23H28BrFN4O3. The van der Waals surface area contributed by atoms with E-state index in [1.54, 1.807) is 11.2 Å². The summed E-state index contributed by atoms with van der Waals surface area (Å²) < 4.78 is 21.4. The van der Waals surface area contributed by atoms with Crippen LogP contribution in [0.2, 0.25) is 0 Å². The topological polar surface area (TPSA) is 67.7 Å². The van der Waals surface area contributed by atoms with Crippen molar-refractivity contribution < 1.29 is 18.7 Å². The fraction of sp³-hybridized carbons (Fsp3) is 0.522. The molecule has 0 N–H and O–H groups in total. The number of piperidine rings is 1. The number of aromatic nitrogens is 2. The Kier molecular flexibility index (Phi) is 7.13. The van der Waals surface area contributed by atoms with E-state index in [1.807, 2.05) is 46.9 Å². The van der Waals surface area contributed by atoms with Crippen molar-refractivity contribution in [3.63, 3.8) is 0 Å². The maximum absolute atomic E-state index is 13.6. The van der Waals surface area contributed by atoms with Gasteiger partial charge in [0.2, 0.25) is 6.36 Å². The third-order valence-electron chi connectivity index (χ3n) is 6.18. The summed E-state index contributed by atoms with van der Waals surface area (Å²) in [7, 11) is 0. The van der Waals surface area contributed by atoms with Crippen molar-refractivity contribution in [2.24, 2.45) is 5.92 Å². The highest BCUT2D eigenvalue weighted by atomic mass is 79.9. The van der Waals surface area contributed by atoms with Gasteiger partial charge in [0.15, 0.2) is 0 Å². The average Bonchev–Trinajstić information content (AvgIpc) is 3.22. The lowest BCUT2D eigenvalue weighted by atomic mass is 9.95. The molecule has 2 atom stereocenters. The molecule has 1 fully saturated rings. The molecule has 2 aromatic rings. The van der Waals surface area contributed by atoms with Crippen LogP contribution in [0.5, 0.6) is 0 Å². The van der Waals surface area contributed by atoms with Gasteiger partial charge < -0.3 is 19.1 Å². The fourth-order valence-corrected chi connectivity index (χ4v) is 4.88. The van der Waals surface area contributed by atoms with Gasteiger partial charge in [0, 0.05) is 36.7 Å². The van der Waals surface area contributed by atoms with Crippen molar-refractivity contribution in [1.29, 1.82) is 0 Å². The monoisotopic (exact) mass is 506 g/mol. The number of likely N-dealkylation sites (tertiary alicyclic amines) is 1. The predicted molar refractivity (Wildman–Crippen MR) is 121 cm³/mol. The van der Waals surface area contributed by atoms with Gasteiger partial charge >= 0.3 is 6.09 Å². The number of nitrogens with zero attached hydrogens (tertiary/aromatic N) is 4. The average molecular weight is 507 g/mol. The molecule has 4 rings (SSSR count). The molecule has 2 aliphatic rings. The maximum Gasteiger partial charge on any atom is 0.412 e. The number of fused-ring (bicyclic) bond motifs is 1. The molecule has 2 aliphatic heterocycles. The summed E-state index contributed by atoms with van der Waals surface area (Å²) in [6, 6.07) is 7.36. The molecule has 9 heteroatoms. The lowest BCUT2D eigenvalue weighted by Crippen LogP contribution is -2.47. The summed E-state index contributed by atoms with van der Waals surface area (Å²) >= 11 is 3.50. The second kappa shape index (κ2) is 10.0. The number of alkyl halides is 1. The van der Waals surface area contributed by atoms with Crippen molar-refractivity contribution >= 4 is 27.9 Å².